The molecular formula is C11H15N5O3S. The van der Waals surface area contributed by atoms with Gasteiger partial charge in [-0.3, -0.25) is 4.68 Å². The number of methoxy groups -OCH3 is 2. The number of hydrogen-bond acceptors (Lipinski definition) is 8. The van der Waals surface area contributed by atoms with Crippen LogP contribution in [0.5, 0.6) is 0 Å². The third-order valence-corrected chi connectivity index (χ3v) is 3.30. The number of rotatable bonds is 6. The zero-order valence-corrected chi connectivity index (χ0v) is 11.9. The summed E-state index contributed by atoms with van der Waals surface area (Å²) in [5, 5.41) is 7.75. The number of hydrogen-bond donors (Lipinski definition) is 2. The maximum Gasteiger partial charge on any atom is 0.344 e. The minimum absolute atomic E-state index is 0.149. The van der Waals surface area contributed by atoms with Gasteiger partial charge in [0.05, 0.1) is 32.1 Å². The van der Waals surface area contributed by atoms with Gasteiger partial charge in [-0.15, -0.1) is 0 Å². The molecule has 0 aliphatic carbocycles. The summed E-state index contributed by atoms with van der Waals surface area (Å²) in [6.45, 7) is 1.22. The predicted octanol–water partition coefficient (Wildman–Crippen LogP) is 1.10. The summed E-state index contributed by atoms with van der Waals surface area (Å²) in [5.74, 6) is -0.373. The van der Waals surface area contributed by atoms with E-state index in [4.69, 9.17) is 10.5 Å². The second-order valence-electron chi connectivity index (χ2n) is 3.87. The molecule has 2 aromatic rings. The molecule has 8 nitrogen and oxygen atoms in total. The van der Waals surface area contributed by atoms with Gasteiger partial charge < -0.3 is 20.5 Å². The lowest BCUT2D eigenvalue weighted by Crippen LogP contribution is -2.06. The minimum Gasteiger partial charge on any atom is -0.465 e. The molecule has 2 rings (SSSR count). The zero-order chi connectivity index (χ0) is 14.5. The predicted molar refractivity (Wildman–Crippen MR) is 75.3 cm³/mol. The number of nitrogens with two attached hydrogens (primary N) is 1. The number of carbonyl (C=O) groups is 1. The topological polar surface area (TPSA) is 104 Å². The minimum atomic E-state index is -0.523. The van der Waals surface area contributed by atoms with E-state index in [1.807, 2.05) is 0 Å². The normalized spacial score (nSPS) is 10.5. The lowest BCUT2D eigenvalue weighted by atomic mass is 10.3. The molecular weight excluding hydrogens is 282 g/mol. The number of nitrogen functional groups attached to an aromatic ring is 1. The smallest absolute Gasteiger partial charge is 0.344 e. The van der Waals surface area contributed by atoms with Crippen molar-refractivity contribution in [3.63, 3.8) is 0 Å². The molecule has 108 valence electrons. The van der Waals surface area contributed by atoms with Crippen molar-refractivity contribution in [2.75, 3.05) is 31.9 Å². The Balaban J connectivity index is 2.14. The fourth-order valence-electron chi connectivity index (χ4n) is 1.55. The number of carbonyl (C=O) groups excluding carboxylic acids is 1. The highest BCUT2D eigenvalue weighted by Crippen LogP contribution is 2.30. The van der Waals surface area contributed by atoms with Crippen LogP contribution < -0.4 is 11.1 Å². The summed E-state index contributed by atoms with van der Waals surface area (Å²) in [6, 6.07) is 0. The second kappa shape index (κ2) is 6.35. The highest BCUT2D eigenvalue weighted by Gasteiger charge is 2.20. The summed E-state index contributed by atoms with van der Waals surface area (Å²) in [4.78, 5) is 11.6. The first-order chi connectivity index (χ1) is 9.65. The molecule has 0 aliphatic rings. The molecule has 0 saturated carbocycles. The lowest BCUT2D eigenvalue weighted by Gasteiger charge is -2.03. The second-order valence-corrected chi connectivity index (χ2v) is 4.65. The van der Waals surface area contributed by atoms with Gasteiger partial charge in [-0.25, -0.2) is 4.79 Å². The number of anilines is 3. The van der Waals surface area contributed by atoms with Crippen molar-refractivity contribution in [1.82, 2.24) is 14.2 Å². The maximum absolute atomic E-state index is 11.6. The number of nitrogens with one attached hydrogen (secondary N) is 1. The van der Waals surface area contributed by atoms with Crippen LogP contribution in [0.2, 0.25) is 0 Å². The van der Waals surface area contributed by atoms with Gasteiger partial charge in [0.15, 0.2) is 5.82 Å². The molecule has 0 saturated heterocycles. The molecule has 9 heteroatoms. The van der Waals surface area contributed by atoms with Crippen LogP contribution in [0.15, 0.2) is 12.4 Å². The molecule has 3 N–H and O–H groups in total. The first kappa shape index (κ1) is 14.3. The summed E-state index contributed by atoms with van der Waals surface area (Å²) in [7, 11) is 2.93. The van der Waals surface area contributed by atoms with Crippen LogP contribution in [0.25, 0.3) is 0 Å². The van der Waals surface area contributed by atoms with Crippen molar-refractivity contribution in [2.45, 2.75) is 6.54 Å². The van der Waals surface area contributed by atoms with E-state index < -0.39 is 5.97 Å². The maximum atomic E-state index is 11.6. The Morgan fingerprint density at radius 2 is 2.35 bits per heavy atom. The van der Waals surface area contributed by atoms with Gasteiger partial charge in [0.25, 0.3) is 0 Å². The molecule has 0 aliphatic heterocycles. The first-order valence-corrected chi connectivity index (χ1v) is 6.55. The number of esters is 1. The van der Waals surface area contributed by atoms with E-state index in [1.54, 1.807) is 24.2 Å². The van der Waals surface area contributed by atoms with Gasteiger partial charge >= 0.3 is 5.97 Å². The standard InChI is InChI=1S/C11H15N5O3S/c1-18-4-3-16-6-7(5-13-16)14-10-8(11(17)19-2)9(12)15-20-10/h5-6,14H,3-4H2,1-2H3,(H2,12,15). The summed E-state index contributed by atoms with van der Waals surface area (Å²) in [6.07, 6.45) is 3.45. The van der Waals surface area contributed by atoms with Gasteiger partial charge in [0.2, 0.25) is 0 Å². The molecule has 0 aromatic carbocycles. The Labute approximate surface area is 119 Å². The summed E-state index contributed by atoms with van der Waals surface area (Å²) < 4.78 is 15.3. The highest BCUT2D eigenvalue weighted by molar-refractivity contribution is 7.11. The van der Waals surface area contributed by atoms with E-state index >= 15 is 0 Å². The van der Waals surface area contributed by atoms with Crippen LogP contribution in [0.3, 0.4) is 0 Å². The van der Waals surface area contributed by atoms with Crippen molar-refractivity contribution in [2.24, 2.45) is 0 Å². The molecule has 0 atom stereocenters. The van der Waals surface area contributed by atoms with Crippen LogP contribution in [0, 0.1) is 0 Å². The van der Waals surface area contributed by atoms with Crippen molar-refractivity contribution < 1.29 is 14.3 Å². The van der Waals surface area contributed by atoms with Gasteiger partial charge in [-0.1, -0.05) is 0 Å². The van der Waals surface area contributed by atoms with E-state index in [2.05, 4.69) is 19.5 Å². The molecule has 0 amide bonds. The van der Waals surface area contributed by atoms with Gasteiger partial charge in [0.1, 0.15) is 10.6 Å². The van der Waals surface area contributed by atoms with Crippen molar-refractivity contribution in [1.29, 1.82) is 0 Å². The summed E-state index contributed by atoms with van der Waals surface area (Å²) >= 11 is 1.09. The average molecular weight is 297 g/mol. The quantitative estimate of drug-likeness (QED) is 0.769. The van der Waals surface area contributed by atoms with Gasteiger partial charge in [0, 0.05) is 13.3 Å². The number of ether oxygens (including phenoxy) is 2. The van der Waals surface area contributed by atoms with E-state index in [-0.39, 0.29) is 11.4 Å². The zero-order valence-electron chi connectivity index (χ0n) is 11.1. The number of nitrogens with zero attached hydrogens (tertiary/aromatic N) is 3. The molecule has 2 aromatic heterocycles. The lowest BCUT2D eigenvalue weighted by molar-refractivity contribution is 0.0603. The Morgan fingerprint density at radius 3 is 3.05 bits per heavy atom. The van der Waals surface area contributed by atoms with Crippen LogP contribution in [0.1, 0.15) is 10.4 Å². The first-order valence-electron chi connectivity index (χ1n) is 5.77. The molecule has 0 bridgehead atoms. The van der Waals surface area contributed by atoms with E-state index in [0.717, 1.165) is 17.2 Å². The Kier molecular flexibility index (Phi) is 4.53. The third kappa shape index (κ3) is 3.06. The Morgan fingerprint density at radius 1 is 1.55 bits per heavy atom. The Bertz CT molecular complexity index is 595. The van der Waals surface area contributed by atoms with E-state index in [0.29, 0.717) is 18.2 Å². The molecule has 0 unspecified atom stereocenters. The van der Waals surface area contributed by atoms with E-state index in [9.17, 15) is 4.79 Å². The number of aromatic nitrogens is 3. The fourth-order valence-corrected chi connectivity index (χ4v) is 2.28. The van der Waals surface area contributed by atoms with Crippen molar-refractivity contribution in [3.05, 3.63) is 18.0 Å². The van der Waals surface area contributed by atoms with Gasteiger partial charge in [-0.05, 0) is 11.5 Å². The van der Waals surface area contributed by atoms with Crippen LogP contribution >= 0.6 is 11.5 Å². The van der Waals surface area contributed by atoms with Crippen LogP contribution in [-0.4, -0.2) is 40.9 Å². The largest absolute Gasteiger partial charge is 0.465 e. The van der Waals surface area contributed by atoms with Gasteiger partial charge in [-0.2, -0.15) is 9.47 Å². The molecule has 0 radical (unpaired) electrons. The SMILES string of the molecule is COCCn1cc(Nc2snc(N)c2C(=O)OC)cn1. The third-order valence-electron chi connectivity index (χ3n) is 2.52. The highest BCUT2D eigenvalue weighted by atomic mass is 32.1. The van der Waals surface area contributed by atoms with Crippen LogP contribution in [0.4, 0.5) is 16.5 Å². The van der Waals surface area contributed by atoms with Crippen molar-refractivity contribution >= 4 is 34.0 Å². The van der Waals surface area contributed by atoms with Crippen LogP contribution in [-0.2, 0) is 16.0 Å². The molecule has 2 heterocycles. The molecule has 0 spiro atoms. The Hall–Kier alpha value is -2.13. The fraction of sp³-hybridized carbons (Fsp3) is 0.364. The summed E-state index contributed by atoms with van der Waals surface area (Å²) in [5.41, 5.74) is 6.63. The van der Waals surface area contributed by atoms with E-state index in [1.165, 1.54) is 7.11 Å². The van der Waals surface area contributed by atoms with Crippen molar-refractivity contribution in [3.8, 4) is 0 Å². The molecule has 0 fully saturated rings. The average Bonchev–Trinajstić information content (AvgIpc) is 3.03. The molecule has 20 heavy (non-hydrogen) atoms. The monoisotopic (exact) mass is 297 g/mol.